The van der Waals surface area contributed by atoms with Crippen LogP contribution in [0.2, 0.25) is 10.0 Å². The smallest absolute Gasteiger partial charge is 0.182 e. The van der Waals surface area contributed by atoms with Crippen molar-refractivity contribution in [2.75, 3.05) is 0 Å². The van der Waals surface area contributed by atoms with E-state index in [9.17, 15) is 8.42 Å². The van der Waals surface area contributed by atoms with Crippen molar-refractivity contribution in [3.63, 3.8) is 0 Å². The molecule has 0 N–H and O–H groups in total. The van der Waals surface area contributed by atoms with E-state index in [2.05, 4.69) is 0 Å². The lowest BCUT2D eigenvalue weighted by molar-refractivity contribution is 0.595. The van der Waals surface area contributed by atoms with Gasteiger partial charge in [0.1, 0.15) is 0 Å². The Morgan fingerprint density at radius 3 is 2.11 bits per heavy atom. The number of rotatable bonds is 3. The summed E-state index contributed by atoms with van der Waals surface area (Å²) in [6, 6.07) is 13.0. The van der Waals surface area contributed by atoms with Crippen LogP contribution in [0.3, 0.4) is 0 Å². The van der Waals surface area contributed by atoms with Crippen molar-refractivity contribution in [1.29, 1.82) is 0 Å². The van der Waals surface area contributed by atoms with Gasteiger partial charge in [-0.1, -0.05) is 41.4 Å². The number of sulfone groups is 1. The molecule has 0 saturated carbocycles. The van der Waals surface area contributed by atoms with E-state index in [1.807, 2.05) is 0 Å². The zero-order chi connectivity index (χ0) is 13.2. The first-order valence-corrected chi connectivity index (χ1v) is 7.61. The van der Waals surface area contributed by atoms with Crippen LogP contribution in [0.25, 0.3) is 0 Å². The maximum absolute atomic E-state index is 12.2. The van der Waals surface area contributed by atoms with Crippen molar-refractivity contribution >= 4 is 33.0 Å². The Morgan fingerprint density at radius 1 is 0.889 bits per heavy atom. The predicted molar refractivity (Wildman–Crippen MR) is 73.8 cm³/mol. The summed E-state index contributed by atoms with van der Waals surface area (Å²) >= 11 is 11.7. The fourth-order valence-corrected chi connectivity index (χ4v) is 3.33. The van der Waals surface area contributed by atoms with Gasteiger partial charge in [0.05, 0.1) is 10.6 Å². The molecule has 94 valence electrons. The Hall–Kier alpha value is -1.03. The molecular weight excluding hydrogens is 291 g/mol. The molecule has 0 aliphatic rings. The Labute approximate surface area is 116 Å². The molecule has 0 aliphatic carbocycles. The first kappa shape index (κ1) is 13.4. The third-order valence-corrected chi connectivity index (χ3v) is 4.78. The summed E-state index contributed by atoms with van der Waals surface area (Å²) in [4.78, 5) is 0.242. The third-order valence-electron chi connectivity index (χ3n) is 2.48. The van der Waals surface area contributed by atoms with Gasteiger partial charge >= 0.3 is 0 Å². The van der Waals surface area contributed by atoms with Gasteiger partial charge in [-0.05, 0) is 35.9 Å². The highest BCUT2D eigenvalue weighted by molar-refractivity contribution is 7.90. The average Bonchev–Trinajstić information content (AvgIpc) is 2.32. The minimum atomic E-state index is -3.40. The van der Waals surface area contributed by atoms with Crippen LogP contribution in [0.5, 0.6) is 0 Å². The Balaban J connectivity index is 2.33. The highest BCUT2D eigenvalue weighted by Crippen LogP contribution is 2.22. The van der Waals surface area contributed by atoms with Crippen LogP contribution >= 0.6 is 23.2 Å². The van der Waals surface area contributed by atoms with Gasteiger partial charge in [0.25, 0.3) is 0 Å². The first-order chi connectivity index (χ1) is 8.49. The third kappa shape index (κ3) is 3.05. The van der Waals surface area contributed by atoms with E-state index in [1.54, 1.807) is 36.4 Å². The molecule has 0 aromatic heterocycles. The molecular formula is C13H10Cl2O2S. The van der Waals surface area contributed by atoms with Gasteiger partial charge in [0, 0.05) is 10.0 Å². The van der Waals surface area contributed by atoms with Gasteiger partial charge in [0.15, 0.2) is 9.84 Å². The fraction of sp³-hybridized carbons (Fsp3) is 0.0769. The molecule has 5 heteroatoms. The van der Waals surface area contributed by atoms with Crippen molar-refractivity contribution in [2.45, 2.75) is 10.6 Å². The minimum absolute atomic E-state index is 0.117. The average molecular weight is 301 g/mol. The zero-order valence-electron chi connectivity index (χ0n) is 9.31. The molecule has 0 atom stereocenters. The lowest BCUT2D eigenvalue weighted by Gasteiger charge is -2.06. The summed E-state index contributed by atoms with van der Waals surface area (Å²) in [6.45, 7) is 0. The summed E-state index contributed by atoms with van der Waals surface area (Å²) in [6.07, 6.45) is 0. The van der Waals surface area contributed by atoms with E-state index in [0.717, 1.165) is 0 Å². The van der Waals surface area contributed by atoms with Gasteiger partial charge in [0.2, 0.25) is 0 Å². The molecule has 2 aromatic rings. The highest BCUT2D eigenvalue weighted by atomic mass is 35.5. The maximum Gasteiger partial charge on any atom is 0.182 e. The molecule has 2 nitrogen and oxygen atoms in total. The quantitative estimate of drug-likeness (QED) is 0.859. The second kappa shape index (κ2) is 5.31. The van der Waals surface area contributed by atoms with Crippen molar-refractivity contribution in [3.05, 3.63) is 64.1 Å². The Bertz CT molecular complexity index is 649. The predicted octanol–water partition coefficient (Wildman–Crippen LogP) is 3.97. The molecule has 18 heavy (non-hydrogen) atoms. The molecule has 0 amide bonds. The molecule has 0 heterocycles. The standard InChI is InChI=1S/C13H10Cl2O2S/c14-11-5-7-12(8-6-11)18(16,17)9-10-3-1-2-4-13(10)15/h1-8H,9H2. The molecule has 0 bridgehead atoms. The second-order valence-electron chi connectivity index (χ2n) is 3.80. The summed E-state index contributed by atoms with van der Waals surface area (Å²) in [5, 5.41) is 0.960. The van der Waals surface area contributed by atoms with Gasteiger partial charge < -0.3 is 0 Å². The SMILES string of the molecule is O=S(=O)(Cc1ccccc1Cl)c1ccc(Cl)cc1. The summed E-state index contributed by atoms with van der Waals surface area (Å²) in [7, 11) is -3.40. The number of benzene rings is 2. The van der Waals surface area contributed by atoms with Gasteiger partial charge in [-0.15, -0.1) is 0 Å². The number of hydrogen-bond acceptors (Lipinski definition) is 2. The summed E-state index contributed by atoms with van der Waals surface area (Å²) in [5.41, 5.74) is 0.592. The van der Waals surface area contributed by atoms with Crippen LogP contribution in [0.4, 0.5) is 0 Å². The molecule has 0 aliphatic heterocycles. The fourth-order valence-electron chi connectivity index (χ4n) is 1.55. The lowest BCUT2D eigenvalue weighted by atomic mass is 10.2. The van der Waals surface area contributed by atoms with Crippen molar-refractivity contribution in [1.82, 2.24) is 0 Å². The van der Waals surface area contributed by atoms with Gasteiger partial charge in [-0.2, -0.15) is 0 Å². The van der Waals surface area contributed by atoms with Gasteiger partial charge in [-0.3, -0.25) is 0 Å². The van der Waals surface area contributed by atoms with Crippen LogP contribution in [0.15, 0.2) is 53.4 Å². The molecule has 2 aromatic carbocycles. The molecule has 0 fully saturated rings. The van der Waals surface area contributed by atoms with Crippen molar-refractivity contribution in [2.24, 2.45) is 0 Å². The number of hydrogen-bond donors (Lipinski definition) is 0. The maximum atomic E-state index is 12.2. The monoisotopic (exact) mass is 300 g/mol. The number of halogens is 2. The van der Waals surface area contributed by atoms with Crippen LogP contribution in [0, 0.1) is 0 Å². The van der Waals surface area contributed by atoms with Crippen LogP contribution in [0.1, 0.15) is 5.56 Å². The Kier molecular flexibility index (Phi) is 3.95. The Morgan fingerprint density at radius 2 is 1.50 bits per heavy atom. The van der Waals surface area contributed by atoms with E-state index >= 15 is 0 Å². The molecule has 2 rings (SSSR count). The summed E-state index contributed by atoms with van der Waals surface area (Å²) < 4.78 is 24.3. The van der Waals surface area contributed by atoms with Crippen LogP contribution < -0.4 is 0 Å². The van der Waals surface area contributed by atoms with Gasteiger partial charge in [-0.25, -0.2) is 8.42 Å². The molecule has 0 spiro atoms. The topological polar surface area (TPSA) is 34.1 Å². The largest absolute Gasteiger partial charge is 0.223 e. The van der Waals surface area contributed by atoms with E-state index in [4.69, 9.17) is 23.2 Å². The van der Waals surface area contributed by atoms with Crippen LogP contribution in [-0.2, 0) is 15.6 Å². The van der Waals surface area contributed by atoms with E-state index in [1.165, 1.54) is 12.1 Å². The van der Waals surface area contributed by atoms with E-state index in [-0.39, 0.29) is 10.6 Å². The van der Waals surface area contributed by atoms with E-state index < -0.39 is 9.84 Å². The van der Waals surface area contributed by atoms with Crippen LogP contribution in [-0.4, -0.2) is 8.42 Å². The van der Waals surface area contributed by atoms with E-state index in [0.29, 0.717) is 15.6 Å². The normalized spacial score (nSPS) is 11.4. The zero-order valence-corrected chi connectivity index (χ0v) is 11.6. The summed E-state index contributed by atoms with van der Waals surface area (Å²) in [5.74, 6) is -0.117. The lowest BCUT2D eigenvalue weighted by Crippen LogP contribution is -2.05. The van der Waals surface area contributed by atoms with Crippen molar-refractivity contribution < 1.29 is 8.42 Å². The molecule has 0 saturated heterocycles. The second-order valence-corrected chi connectivity index (χ2v) is 6.64. The molecule has 0 unspecified atom stereocenters. The van der Waals surface area contributed by atoms with Crippen molar-refractivity contribution in [3.8, 4) is 0 Å². The molecule has 0 radical (unpaired) electrons. The first-order valence-electron chi connectivity index (χ1n) is 5.21. The highest BCUT2D eigenvalue weighted by Gasteiger charge is 2.16. The minimum Gasteiger partial charge on any atom is -0.223 e.